The van der Waals surface area contributed by atoms with Crippen molar-refractivity contribution in [2.75, 3.05) is 30.0 Å². The molecule has 2 aliphatic rings. The zero-order valence-corrected chi connectivity index (χ0v) is 18.9. The summed E-state index contributed by atoms with van der Waals surface area (Å²) in [5.41, 5.74) is 1.38. The highest BCUT2D eigenvalue weighted by molar-refractivity contribution is 6.04. The smallest absolute Gasteiger partial charge is 0.377 e. The number of aromatic nitrogens is 2. The molecule has 0 radical (unpaired) electrons. The first-order valence-corrected chi connectivity index (χ1v) is 11.3. The van der Waals surface area contributed by atoms with E-state index in [9.17, 15) is 22.8 Å². The molecule has 7 nitrogen and oxygen atoms in total. The van der Waals surface area contributed by atoms with Crippen molar-refractivity contribution in [1.29, 1.82) is 0 Å². The maximum Gasteiger partial charge on any atom is 0.433 e. The second kappa shape index (κ2) is 8.84. The minimum atomic E-state index is -4.65. The molecule has 0 spiro atoms. The predicted octanol–water partition coefficient (Wildman–Crippen LogP) is 4.10. The van der Waals surface area contributed by atoms with Crippen LogP contribution in [0.5, 0.6) is 0 Å². The van der Waals surface area contributed by atoms with Crippen LogP contribution in [0.4, 0.5) is 24.7 Å². The van der Waals surface area contributed by atoms with Gasteiger partial charge in [-0.2, -0.15) is 13.2 Å². The third-order valence-corrected chi connectivity index (χ3v) is 6.43. The van der Waals surface area contributed by atoms with Crippen LogP contribution in [0, 0.1) is 6.92 Å². The van der Waals surface area contributed by atoms with Crippen molar-refractivity contribution in [3.8, 4) is 11.1 Å². The Bertz CT molecular complexity index is 1350. The zero-order valence-electron chi connectivity index (χ0n) is 18.9. The number of pyridine rings is 2. The Labute approximate surface area is 199 Å². The largest absolute Gasteiger partial charge is 0.433 e. The van der Waals surface area contributed by atoms with E-state index in [1.54, 1.807) is 28.8 Å². The van der Waals surface area contributed by atoms with Crippen molar-refractivity contribution in [2.24, 2.45) is 0 Å². The quantitative estimate of drug-likeness (QED) is 0.606. The van der Waals surface area contributed by atoms with Crippen LogP contribution in [0.2, 0.25) is 0 Å². The molecule has 1 N–H and O–H groups in total. The van der Waals surface area contributed by atoms with E-state index in [2.05, 4.69) is 15.2 Å². The zero-order chi connectivity index (χ0) is 24.7. The van der Waals surface area contributed by atoms with E-state index in [0.29, 0.717) is 43.6 Å². The van der Waals surface area contributed by atoms with Gasteiger partial charge in [-0.05, 0) is 60.4 Å². The van der Waals surface area contributed by atoms with Gasteiger partial charge in [-0.25, -0.2) is 0 Å². The van der Waals surface area contributed by atoms with Crippen LogP contribution in [0.1, 0.15) is 28.0 Å². The molecule has 2 aliphatic heterocycles. The summed E-state index contributed by atoms with van der Waals surface area (Å²) < 4.78 is 46.3. The van der Waals surface area contributed by atoms with Crippen LogP contribution in [0.25, 0.3) is 11.1 Å². The van der Waals surface area contributed by atoms with Gasteiger partial charge in [0.1, 0.15) is 11.5 Å². The lowest BCUT2D eigenvalue weighted by Gasteiger charge is -2.42. The lowest BCUT2D eigenvalue weighted by molar-refractivity contribution is -0.141. The molecule has 1 amide bonds. The summed E-state index contributed by atoms with van der Waals surface area (Å²) >= 11 is 0. The van der Waals surface area contributed by atoms with Crippen LogP contribution in [0.15, 0.2) is 53.5 Å². The number of carbonyl (C=O) groups is 1. The van der Waals surface area contributed by atoms with Gasteiger partial charge in [0, 0.05) is 36.6 Å². The molecule has 1 atom stereocenters. The number of nitrogens with one attached hydrogen (secondary N) is 1. The topological polar surface area (TPSA) is 76.5 Å². The van der Waals surface area contributed by atoms with Crippen molar-refractivity contribution >= 4 is 17.4 Å². The van der Waals surface area contributed by atoms with Crippen molar-refractivity contribution in [2.45, 2.75) is 32.1 Å². The maximum absolute atomic E-state index is 13.0. The summed E-state index contributed by atoms with van der Waals surface area (Å²) in [6.07, 6.45) is -2.84. The molecular weight excluding hydrogens is 461 g/mol. The number of carbonyl (C=O) groups excluding carboxylic acids is 1. The number of alkyl halides is 3. The number of hydrogen-bond acceptors (Lipinski definition) is 5. The second-order valence-electron chi connectivity index (χ2n) is 8.71. The van der Waals surface area contributed by atoms with Crippen LogP contribution in [-0.2, 0) is 17.5 Å². The minimum absolute atomic E-state index is 0.104. The Morgan fingerprint density at radius 2 is 1.97 bits per heavy atom. The van der Waals surface area contributed by atoms with Gasteiger partial charge in [0.05, 0.1) is 19.3 Å². The highest BCUT2D eigenvalue weighted by atomic mass is 19.4. The van der Waals surface area contributed by atoms with Crippen molar-refractivity contribution in [1.82, 2.24) is 9.55 Å². The normalized spacial score (nSPS) is 17.5. The monoisotopic (exact) mass is 484 g/mol. The van der Waals surface area contributed by atoms with Gasteiger partial charge in [-0.3, -0.25) is 19.1 Å². The molecule has 0 aliphatic carbocycles. The number of morpholine rings is 1. The van der Waals surface area contributed by atoms with Gasteiger partial charge in [-0.1, -0.05) is 6.07 Å². The molecule has 0 bridgehead atoms. The van der Waals surface area contributed by atoms with E-state index in [0.717, 1.165) is 29.6 Å². The summed E-state index contributed by atoms with van der Waals surface area (Å²) in [6, 6.07) is 10.9. The standard InChI is InChI=1S/C25H23F3N4O3/c1-15-2-3-18(30-24(34)16-4-6-29-21(10-16)25(26,27)28)13-20(15)17-11-22-31-8-9-35-14-19(31)5-7-32(22)23(33)12-17/h2-4,6,10-13,19H,5,7-9,14H2,1H3,(H,30,34). The third-order valence-electron chi connectivity index (χ3n) is 6.43. The summed E-state index contributed by atoms with van der Waals surface area (Å²) in [7, 11) is 0. The SMILES string of the molecule is Cc1ccc(NC(=O)c2ccnc(C(F)(F)F)c2)cc1-c1cc2n(c(=O)c1)CCC1COCCN21. The number of fused-ring (bicyclic) bond motifs is 3. The van der Waals surface area contributed by atoms with Crippen LogP contribution in [0.3, 0.4) is 0 Å². The fourth-order valence-electron chi connectivity index (χ4n) is 4.62. The third kappa shape index (κ3) is 4.53. The lowest BCUT2D eigenvalue weighted by atomic mass is 9.99. The number of amides is 1. The molecule has 1 aromatic carbocycles. The first-order chi connectivity index (χ1) is 16.7. The van der Waals surface area contributed by atoms with E-state index < -0.39 is 17.8 Å². The number of hydrogen-bond donors (Lipinski definition) is 1. The molecule has 10 heteroatoms. The number of nitrogens with zero attached hydrogens (tertiary/aromatic N) is 3. The van der Waals surface area contributed by atoms with E-state index in [1.165, 1.54) is 6.07 Å². The highest BCUT2D eigenvalue weighted by Crippen LogP contribution is 2.33. The van der Waals surface area contributed by atoms with E-state index >= 15 is 0 Å². The van der Waals surface area contributed by atoms with E-state index in [-0.39, 0.29) is 17.2 Å². The lowest BCUT2D eigenvalue weighted by Crippen LogP contribution is -2.51. The highest BCUT2D eigenvalue weighted by Gasteiger charge is 2.33. The number of rotatable bonds is 3. The Balaban J connectivity index is 1.46. The molecule has 1 saturated heterocycles. The fourth-order valence-corrected chi connectivity index (χ4v) is 4.62. The van der Waals surface area contributed by atoms with Gasteiger partial charge in [0.2, 0.25) is 0 Å². The molecule has 35 heavy (non-hydrogen) atoms. The van der Waals surface area contributed by atoms with Crippen molar-refractivity contribution < 1.29 is 22.7 Å². The summed E-state index contributed by atoms with van der Waals surface area (Å²) in [5, 5.41) is 2.65. The summed E-state index contributed by atoms with van der Waals surface area (Å²) in [4.78, 5) is 31.1. The van der Waals surface area contributed by atoms with Crippen LogP contribution >= 0.6 is 0 Å². The average Bonchev–Trinajstić information content (AvgIpc) is 2.84. The van der Waals surface area contributed by atoms with E-state index in [4.69, 9.17) is 4.74 Å². The van der Waals surface area contributed by atoms with Gasteiger partial charge >= 0.3 is 6.18 Å². The Kier molecular flexibility index (Phi) is 5.84. The second-order valence-corrected chi connectivity index (χ2v) is 8.71. The summed E-state index contributed by atoms with van der Waals surface area (Å²) in [5.74, 6) is 0.159. The van der Waals surface area contributed by atoms with Gasteiger partial charge in [0.15, 0.2) is 0 Å². The Morgan fingerprint density at radius 1 is 1.14 bits per heavy atom. The molecule has 2 aromatic heterocycles. The van der Waals surface area contributed by atoms with Gasteiger partial charge < -0.3 is 15.0 Å². The molecular formula is C25H23F3N4O3. The fraction of sp³-hybridized carbons (Fsp3) is 0.320. The Hall–Kier alpha value is -3.66. The molecule has 4 heterocycles. The molecule has 3 aromatic rings. The molecule has 1 unspecified atom stereocenters. The molecule has 1 fully saturated rings. The minimum Gasteiger partial charge on any atom is -0.377 e. The maximum atomic E-state index is 13.0. The van der Waals surface area contributed by atoms with E-state index in [1.807, 2.05) is 13.0 Å². The molecule has 0 saturated carbocycles. The predicted molar refractivity (Wildman–Crippen MR) is 125 cm³/mol. The Morgan fingerprint density at radius 3 is 2.77 bits per heavy atom. The van der Waals surface area contributed by atoms with Gasteiger partial charge in [-0.15, -0.1) is 0 Å². The number of anilines is 2. The molecule has 182 valence electrons. The van der Waals surface area contributed by atoms with Crippen molar-refractivity contribution in [3.05, 3.63) is 75.8 Å². The number of benzene rings is 1. The van der Waals surface area contributed by atoms with Crippen LogP contribution in [-0.4, -0.2) is 41.3 Å². The first-order valence-electron chi connectivity index (χ1n) is 11.3. The first kappa shape index (κ1) is 23.1. The average molecular weight is 484 g/mol. The van der Waals surface area contributed by atoms with Crippen LogP contribution < -0.4 is 15.8 Å². The molecule has 5 rings (SSSR count). The number of halogens is 3. The number of aryl methyl sites for hydroxylation is 1. The number of ether oxygens (including phenoxy) is 1. The summed E-state index contributed by atoms with van der Waals surface area (Å²) in [6.45, 7) is 4.45. The van der Waals surface area contributed by atoms with Gasteiger partial charge in [0.25, 0.3) is 11.5 Å². The van der Waals surface area contributed by atoms with Crippen molar-refractivity contribution in [3.63, 3.8) is 0 Å².